The molecular weight excluding hydrogens is 604 g/mol. The van der Waals surface area contributed by atoms with Crippen molar-refractivity contribution in [1.82, 2.24) is 9.47 Å². The normalized spacial score (nSPS) is 14.9. The molecule has 1 amide bonds. The van der Waals surface area contributed by atoms with Gasteiger partial charge in [0.25, 0.3) is 11.5 Å². The second kappa shape index (κ2) is 11.6. The number of aromatic hydroxyl groups is 1. The van der Waals surface area contributed by atoms with Crippen LogP contribution < -0.4 is 24.4 Å². The van der Waals surface area contributed by atoms with Crippen LogP contribution in [0.25, 0.3) is 6.08 Å². The number of nitro benzene ring substituents is 1. The minimum Gasteiger partial charge on any atom is -0.502 e. The molecule has 210 valence electrons. The zero-order chi connectivity index (χ0) is 29.3. The summed E-state index contributed by atoms with van der Waals surface area (Å²) in [4.78, 5) is 45.1. The summed E-state index contributed by atoms with van der Waals surface area (Å²) >= 11 is 4.27. The quantitative estimate of drug-likeness (QED) is 0.297. The molecule has 2 heterocycles. The standard InChI is InChI=1S/C27H27BrN4O7S/c1-6-30(7-2)26(35)22-14(3)29-27-31(23(22)18-13-17(38-4)8-9-20(18)39-5)25(34)21(40-27)11-15-10-16(28)12-19(24(15)33)32(36)37/h8-13,23,33H,6-7H2,1-5H3/b21-11+/t23-/m0/s1. The van der Waals surface area contributed by atoms with Gasteiger partial charge in [0.1, 0.15) is 17.5 Å². The average molecular weight is 632 g/mol. The third-order valence-corrected chi connectivity index (χ3v) is 8.04. The van der Waals surface area contributed by atoms with Gasteiger partial charge < -0.3 is 19.5 Å². The van der Waals surface area contributed by atoms with Crippen molar-refractivity contribution in [1.29, 1.82) is 0 Å². The summed E-state index contributed by atoms with van der Waals surface area (Å²) in [5.41, 5.74) is 0.376. The zero-order valence-corrected chi connectivity index (χ0v) is 24.8. The first-order valence-electron chi connectivity index (χ1n) is 12.3. The van der Waals surface area contributed by atoms with Crippen LogP contribution in [-0.4, -0.2) is 52.7 Å². The van der Waals surface area contributed by atoms with Crippen LogP contribution in [0.3, 0.4) is 0 Å². The van der Waals surface area contributed by atoms with E-state index in [1.807, 2.05) is 13.8 Å². The number of hydrogen-bond acceptors (Lipinski definition) is 9. The fourth-order valence-electron chi connectivity index (χ4n) is 4.62. The highest BCUT2D eigenvalue weighted by molar-refractivity contribution is 9.10. The fourth-order valence-corrected chi connectivity index (χ4v) is 6.12. The summed E-state index contributed by atoms with van der Waals surface area (Å²) in [6.07, 6.45) is 1.38. The second-order valence-corrected chi connectivity index (χ2v) is 10.7. The van der Waals surface area contributed by atoms with Crippen molar-refractivity contribution >= 4 is 44.9 Å². The van der Waals surface area contributed by atoms with E-state index < -0.39 is 28.0 Å². The molecule has 1 aliphatic heterocycles. The number of fused-ring (bicyclic) bond motifs is 1. The molecule has 0 spiro atoms. The van der Waals surface area contributed by atoms with Crippen molar-refractivity contribution in [3.8, 4) is 17.2 Å². The first-order valence-corrected chi connectivity index (χ1v) is 13.9. The number of aromatic nitrogens is 1. The lowest BCUT2D eigenvalue weighted by atomic mass is 9.93. The number of rotatable bonds is 8. The molecule has 0 radical (unpaired) electrons. The molecule has 40 heavy (non-hydrogen) atoms. The van der Waals surface area contributed by atoms with Crippen molar-refractivity contribution in [2.24, 2.45) is 4.99 Å². The molecule has 1 atom stereocenters. The lowest BCUT2D eigenvalue weighted by Crippen LogP contribution is -2.43. The van der Waals surface area contributed by atoms with Crippen LogP contribution in [0.4, 0.5) is 5.69 Å². The number of carbonyl (C=O) groups excluding carboxylic acids is 1. The van der Waals surface area contributed by atoms with E-state index in [4.69, 9.17) is 9.47 Å². The lowest BCUT2D eigenvalue weighted by molar-refractivity contribution is -0.385. The van der Waals surface area contributed by atoms with Crippen LogP contribution in [0.2, 0.25) is 0 Å². The van der Waals surface area contributed by atoms with Crippen LogP contribution in [0.5, 0.6) is 17.2 Å². The maximum Gasteiger partial charge on any atom is 0.312 e. The number of thiazole rings is 1. The SMILES string of the molecule is CCN(CC)C(=O)C1=C(C)N=c2s/c(=C/c3cc(Br)cc([N+](=O)[O-])c3O)c(=O)n2[C@H]1c1cc(OC)ccc1OC. The summed E-state index contributed by atoms with van der Waals surface area (Å²) in [6, 6.07) is 6.90. The number of phenolic OH excluding ortho intramolecular Hbond substituents is 1. The van der Waals surface area contributed by atoms with Crippen LogP contribution >= 0.6 is 27.3 Å². The van der Waals surface area contributed by atoms with E-state index in [2.05, 4.69) is 20.9 Å². The summed E-state index contributed by atoms with van der Waals surface area (Å²) in [5.74, 6) is 0.114. The van der Waals surface area contributed by atoms with E-state index in [0.717, 1.165) is 11.3 Å². The first kappa shape index (κ1) is 29.0. The van der Waals surface area contributed by atoms with Gasteiger partial charge in [0.15, 0.2) is 4.80 Å². The number of phenols is 1. The fraction of sp³-hybridized carbons (Fsp3) is 0.296. The minimum absolute atomic E-state index is 0.0806. The molecule has 0 aliphatic carbocycles. The molecule has 0 bridgehead atoms. The largest absolute Gasteiger partial charge is 0.502 e. The van der Waals surface area contributed by atoms with Crippen LogP contribution in [0.15, 0.2) is 55.9 Å². The van der Waals surface area contributed by atoms with Crippen molar-refractivity contribution < 1.29 is 24.3 Å². The molecule has 1 N–H and O–H groups in total. The maximum absolute atomic E-state index is 14.0. The molecule has 11 nitrogen and oxygen atoms in total. The molecule has 0 saturated carbocycles. The Hall–Kier alpha value is -3.97. The predicted molar refractivity (Wildman–Crippen MR) is 154 cm³/mol. The smallest absolute Gasteiger partial charge is 0.312 e. The van der Waals surface area contributed by atoms with Gasteiger partial charge in [-0.05, 0) is 51.1 Å². The number of allylic oxidation sites excluding steroid dienone is 1. The van der Waals surface area contributed by atoms with Crippen molar-refractivity contribution in [2.45, 2.75) is 26.8 Å². The third-order valence-electron chi connectivity index (χ3n) is 6.60. The van der Waals surface area contributed by atoms with Crippen LogP contribution in [-0.2, 0) is 4.79 Å². The third kappa shape index (κ3) is 5.13. The monoisotopic (exact) mass is 630 g/mol. The van der Waals surface area contributed by atoms with Crippen LogP contribution in [0.1, 0.15) is 37.9 Å². The number of nitro groups is 1. The Labute approximate surface area is 241 Å². The van der Waals surface area contributed by atoms with Gasteiger partial charge in [0.05, 0.1) is 34.9 Å². The van der Waals surface area contributed by atoms with Gasteiger partial charge >= 0.3 is 5.69 Å². The summed E-state index contributed by atoms with van der Waals surface area (Å²) in [6.45, 7) is 6.38. The Morgan fingerprint density at radius 1 is 1.25 bits per heavy atom. The number of likely N-dealkylation sites (N-methyl/N-ethyl adjacent to an activating group) is 1. The molecule has 0 saturated heterocycles. The molecular formula is C27H27BrN4O7S. The van der Waals surface area contributed by atoms with Crippen molar-refractivity contribution in [3.05, 3.63) is 87.0 Å². The molecule has 1 aliphatic rings. The predicted octanol–water partition coefficient (Wildman–Crippen LogP) is 3.50. The van der Waals surface area contributed by atoms with Crippen molar-refractivity contribution in [2.75, 3.05) is 27.3 Å². The molecule has 13 heteroatoms. The number of ether oxygens (including phenoxy) is 2. The zero-order valence-electron chi connectivity index (χ0n) is 22.4. The van der Waals surface area contributed by atoms with Gasteiger partial charge in [-0.3, -0.25) is 24.3 Å². The van der Waals surface area contributed by atoms with E-state index in [1.54, 1.807) is 30.0 Å². The number of methoxy groups -OCH3 is 2. The lowest BCUT2D eigenvalue weighted by Gasteiger charge is -2.30. The Kier molecular flexibility index (Phi) is 8.45. The Morgan fingerprint density at radius 2 is 1.95 bits per heavy atom. The topological polar surface area (TPSA) is 137 Å². The number of nitrogens with zero attached hydrogens (tertiary/aromatic N) is 4. The van der Waals surface area contributed by atoms with Gasteiger partial charge in [0, 0.05) is 34.8 Å². The van der Waals surface area contributed by atoms with Crippen molar-refractivity contribution in [3.63, 3.8) is 0 Å². The van der Waals surface area contributed by atoms with E-state index in [9.17, 15) is 24.8 Å². The van der Waals surface area contributed by atoms with Gasteiger partial charge in [0.2, 0.25) is 5.75 Å². The molecule has 0 unspecified atom stereocenters. The van der Waals surface area contributed by atoms with Crippen LogP contribution in [0, 0.1) is 10.1 Å². The summed E-state index contributed by atoms with van der Waals surface area (Å²) < 4.78 is 13.0. The number of halogens is 1. The highest BCUT2D eigenvalue weighted by atomic mass is 79.9. The highest BCUT2D eigenvalue weighted by Gasteiger charge is 2.36. The number of carbonyl (C=O) groups is 1. The number of amides is 1. The van der Waals surface area contributed by atoms with E-state index in [0.29, 0.717) is 50.7 Å². The summed E-state index contributed by atoms with van der Waals surface area (Å²) in [5, 5.41) is 22.0. The minimum atomic E-state index is -0.901. The molecule has 1 aromatic heterocycles. The molecule has 0 fully saturated rings. The summed E-state index contributed by atoms with van der Waals surface area (Å²) in [7, 11) is 3.02. The number of benzene rings is 2. The second-order valence-electron chi connectivity index (χ2n) is 8.79. The van der Waals surface area contributed by atoms with E-state index >= 15 is 0 Å². The Morgan fingerprint density at radius 3 is 2.55 bits per heavy atom. The van der Waals surface area contributed by atoms with E-state index in [-0.39, 0.29) is 16.0 Å². The molecule has 2 aromatic carbocycles. The highest BCUT2D eigenvalue weighted by Crippen LogP contribution is 2.38. The molecule has 4 rings (SSSR count). The first-order chi connectivity index (χ1) is 19.1. The van der Waals surface area contributed by atoms with Gasteiger partial charge in [-0.15, -0.1) is 0 Å². The van der Waals surface area contributed by atoms with Gasteiger partial charge in [-0.2, -0.15) is 0 Å². The van der Waals surface area contributed by atoms with E-state index in [1.165, 1.54) is 37.0 Å². The maximum atomic E-state index is 14.0. The molecule has 3 aromatic rings. The number of hydrogen-bond donors (Lipinski definition) is 1. The average Bonchev–Trinajstić information content (AvgIpc) is 3.23. The Balaban J connectivity index is 2.06. The van der Waals surface area contributed by atoms with Gasteiger partial charge in [-0.1, -0.05) is 27.3 Å². The Bertz CT molecular complexity index is 1720. The van der Waals surface area contributed by atoms with Gasteiger partial charge in [-0.25, -0.2) is 4.99 Å².